The lowest BCUT2D eigenvalue weighted by Gasteiger charge is -2.34. The van der Waals surface area contributed by atoms with Crippen LogP contribution in [-0.2, 0) is 41.5 Å². The first-order chi connectivity index (χ1) is 23.1. The third-order valence-electron chi connectivity index (χ3n) is 8.92. The Bertz CT molecular complexity index is 1660. The Kier molecular flexibility index (Phi) is 11.7. The standard InChI is InChI=1S/C22H30N2O5.C16H18N2O2/c1-14(16-12-11-15-9-7-8-10-17(15)16)19(20(26)28-6)23-18(25)13-24(5)21(27)29-22(2,3)4;1-10(15-16(20)18(2)9-14(19)17-15)12-8-7-11-5-3-4-6-13(11)12/h7-10,12,14,19H,11,13H2,1-6H3,(H,23,25);3-6,8,10,15H,7,9H2,1-2H3,(H,17,19)/t14-,19-;10-,15-/m00/s1. The maximum absolute atomic E-state index is 12.5. The topological polar surface area (TPSA) is 134 Å². The maximum Gasteiger partial charge on any atom is 0.410 e. The van der Waals surface area contributed by atoms with Crippen molar-refractivity contribution in [1.82, 2.24) is 20.4 Å². The van der Waals surface area contributed by atoms with Gasteiger partial charge in [0.25, 0.3) is 0 Å². The Morgan fingerprint density at radius 3 is 2.08 bits per heavy atom. The summed E-state index contributed by atoms with van der Waals surface area (Å²) in [5.74, 6) is -1.40. The number of likely N-dealkylation sites (N-methyl/N-ethyl adjacent to an activating group) is 2. The van der Waals surface area contributed by atoms with Crippen LogP contribution < -0.4 is 10.6 Å². The number of allylic oxidation sites excluding steroid dienone is 2. The van der Waals surface area contributed by atoms with Gasteiger partial charge < -0.3 is 29.9 Å². The molecule has 1 fully saturated rings. The second-order valence-corrected chi connectivity index (χ2v) is 13.8. The number of nitrogens with zero attached hydrogens (tertiary/aromatic N) is 2. The average Bonchev–Trinajstić information content (AvgIpc) is 3.69. The summed E-state index contributed by atoms with van der Waals surface area (Å²) in [6.45, 7) is 9.06. The zero-order valence-electron chi connectivity index (χ0n) is 29.7. The van der Waals surface area contributed by atoms with E-state index in [4.69, 9.17) is 9.47 Å². The van der Waals surface area contributed by atoms with Gasteiger partial charge in [-0.25, -0.2) is 9.59 Å². The van der Waals surface area contributed by atoms with Gasteiger partial charge in [0.2, 0.25) is 17.7 Å². The number of carbonyl (C=O) groups excluding carboxylic acids is 5. The molecule has 1 heterocycles. The van der Waals surface area contributed by atoms with Crippen LogP contribution in [0.5, 0.6) is 0 Å². The molecule has 5 rings (SSSR count). The zero-order valence-corrected chi connectivity index (χ0v) is 29.7. The molecule has 0 unspecified atom stereocenters. The lowest BCUT2D eigenvalue weighted by atomic mass is 9.88. The fraction of sp³-hybridized carbons (Fsp3) is 0.447. The minimum Gasteiger partial charge on any atom is -0.467 e. The third kappa shape index (κ3) is 8.95. The lowest BCUT2D eigenvalue weighted by molar-refractivity contribution is -0.146. The van der Waals surface area contributed by atoms with Crippen molar-refractivity contribution >= 4 is 40.9 Å². The van der Waals surface area contributed by atoms with Gasteiger partial charge in [-0.15, -0.1) is 0 Å². The zero-order chi connectivity index (χ0) is 36.0. The van der Waals surface area contributed by atoms with E-state index in [0.717, 1.165) is 29.6 Å². The van der Waals surface area contributed by atoms with Crippen LogP contribution in [0.25, 0.3) is 11.1 Å². The Balaban J connectivity index is 0.000000235. The molecule has 262 valence electrons. The summed E-state index contributed by atoms with van der Waals surface area (Å²) in [6, 6.07) is 14.9. The Morgan fingerprint density at radius 1 is 0.959 bits per heavy atom. The van der Waals surface area contributed by atoms with Gasteiger partial charge >= 0.3 is 12.1 Å². The quantitative estimate of drug-likeness (QED) is 0.405. The highest BCUT2D eigenvalue weighted by atomic mass is 16.6. The summed E-state index contributed by atoms with van der Waals surface area (Å²) in [7, 11) is 4.44. The number of esters is 1. The van der Waals surface area contributed by atoms with Crippen molar-refractivity contribution < 1.29 is 33.4 Å². The largest absolute Gasteiger partial charge is 0.467 e. The first kappa shape index (κ1) is 36.9. The van der Waals surface area contributed by atoms with Crippen molar-refractivity contribution in [2.24, 2.45) is 11.8 Å². The highest BCUT2D eigenvalue weighted by Gasteiger charge is 2.37. The lowest BCUT2D eigenvalue weighted by Crippen LogP contribution is -2.59. The van der Waals surface area contributed by atoms with Gasteiger partial charge in [-0.05, 0) is 67.0 Å². The number of ether oxygens (including phenoxy) is 2. The maximum atomic E-state index is 12.5. The molecule has 3 aliphatic rings. The molecule has 0 aromatic heterocycles. The summed E-state index contributed by atoms with van der Waals surface area (Å²) in [5.41, 5.74) is 6.26. The molecule has 1 saturated heterocycles. The molecule has 2 aromatic rings. The number of carbonyl (C=O) groups is 5. The number of piperazine rings is 1. The van der Waals surface area contributed by atoms with Crippen LogP contribution in [-0.4, -0.2) is 91.6 Å². The van der Waals surface area contributed by atoms with Crippen LogP contribution in [0.15, 0.2) is 60.7 Å². The third-order valence-corrected chi connectivity index (χ3v) is 8.92. The van der Waals surface area contributed by atoms with E-state index in [1.807, 2.05) is 50.2 Å². The van der Waals surface area contributed by atoms with E-state index in [1.54, 1.807) is 27.8 Å². The van der Waals surface area contributed by atoms with Crippen LogP contribution in [0.4, 0.5) is 4.79 Å². The molecule has 2 N–H and O–H groups in total. The first-order valence-electron chi connectivity index (χ1n) is 16.5. The summed E-state index contributed by atoms with van der Waals surface area (Å²) in [5, 5.41) is 5.55. The van der Waals surface area contributed by atoms with Crippen molar-refractivity contribution in [2.45, 2.75) is 65.1 Å². The van der Waals surface area contributed by atoms with Crippen molar-refractivity contribution in [3.05, 3.63) is 82.9 Å². The highest BCUT2D eigenvalue weighted by molar-refractivity contribution is 5.96. The minimum atomic E-state index is -0.864. The van der Waals surface area contributed by atoms with Gasteiger partial charge in [0.1, 0.15) is 24.2 Å². The first-order valence-corrected chi connectivity index (χ1v) is 16.5. The number of fused-ring (bicyclic) bond motifs is 2. The van der Waals surface area contributed by atoms with Crippen molar-refractivity contribution in [3.63, 3.8) is 0 Å². The van der Waals surface area contributed by atoms with E-state index in [1.165, 1.54) is 40.6 Å². The number of nitrogens with one attached hydrogen (secondary N) is 2. The van der Waals surface area contributed by atoms with Crippen LogP contribution >= 0.6 is 0 Å². The molecule has 0 saturated carbocycles. The van der Waals surface area contributed by atoms with Crippen molar-refractivity contribution in [1.29, 1.82) is 0 Å². The van der Waals surface area contributed by atoms with Crippen LogP contribution in [0.1, 0.15) is 56.9 Å². The number of amides is 4. The molecule has 0 bridgehead atoms. The molecular weight excluding hydrogens is 624 g/mol. The molecule has 2 aliphatic carbocycles. The second-order valence-electron chi connectivity index (χ2n) is 13.8. The molecule has 11 heteroatoms. The van der Waals surface area contributed by atoms with Gasteiger partial charge in [0.05, 0.1) is 13.7 Å². The summed E-state index contributed by atoms with van der Waals surface area (Å²) in [6.07, 6.45) is 5.33. The van der Waals surface area contributed by atoms with E-state index in [9.17, 15) is 24.0 Å². The Labute approximate surface area is 288 Å². The number of benzene rings is 2. The molecule has 4 amide bonds. The smallest absolute Gasteiger partial charge is 0.410 e. The van der Waals surface area contributed by atoms with Gasteiger partial charge in [0.15, 0.2) is 0 Å². The van der Waals surface area contributed by atoms with Crippen LogP contribution in [0.3, 0.4) is 0 Å². The molecule has 49 heavy (non-hydrogen) atoms. The molecule has 2 aromatic carbocycles. The van der Waals surface area contributed by atoms with E-state index in [-0.39, 0.29) is 36.7 Å². The van der Waals surface area contributed by atoms with E-state index in [0.29, 0.717) is 0 Å². The SMILES string of the molecule is COC(=O)[C@@H](NC(=O)CN(C)C(=O)OC(C)(C)C)[C@@H](C)C1=CCc2ccccc21.C[C@@H](C1=CCc2ccccc21)[C@@H]1NC(=O)CN(C)C1=O. The minimum absolute atomic E-state index is 0.0117. The molecular formula is C38H48N4O7. The van der Waals surface area contributed by atoms with Gasteiger partial charge in [-0.1, -0.05) is 74.5 Å². The van der Waals surface area contributed by atoms with Gasteiger partial charge in [0, 0.05) is 25.9 Å². The molecule has 0 radical (unpaired) electrons. The van der Waals surface area contributed by atoms with Gasteiger partial charge in [-0.3, -0.25) is 14.4 Å². The molecule has 11 nitrogen and oxygen atoms in total. The monoisotopic (exact) mass is 672 g/mol. The summed E-state index contributed by atoms with van der Waals surface area (Å²) < 4.78 is 10.2. The van der Waals surface area contributed by atoms with E-state index in [2.05, 4.69) is 34.9 Å². The Hall–Kier alpha value is -4.93. The van der Waals surface area contributed by atoms with Crippen molar-refractivity contribution in [2.75, 3.05) is 34.3 Å². The van der Waals surface area contributed by atoms with E-state index >= 15 is 0 Å². The highest BCUT2D eigenvalue weighted by Crippen LogP contribution is 2.36. The normalized spacial score (nSPS) is 18.3. The number of hydrogen-bond donors (Lipinski definition) is 2. The fourth-order valence-electron chi connectivity index (χ4n) is 6.35. The molecule has 0 spiro atoms. The van der Waals surface area contributed by atoms with Crippen molar-refractivity contribution in [3.8, 4) is 0 Å². The number of methoxy groups -OCH3 is 1. The number of hydrogen-bond acceptors (Lipinski definition) is 7. The fourth-order valence-corrected chi connectivity index (χ4v) is 6.35. The molecule has 1 aliphatic heterocycles. The van der Waals surface area contributed by atoms with Crippen LogP contribution in [0, 0.1) is 11.8 Å². The molecule has 4 atom stereocenters. The number of rotatable bonds is 8. The second kappa shape index (κ2) is 15.5. The van der Waals surface area contributed by atoms with Crippen LogP contribution in [0.2, 0.25) is 0 Å². The average molecular weight is 673 g/mol. The predicted octanol–water partition coefficient (Wildman–Crippen LogP) is 4.01. The predicted molar refractivity (Wildman–Crippen MR) is 187 cm³/mol. The van der Waals surface area contributed by atoms with Gasteiger partial charge in [-0.2, -0.15) is 0 Å². The van der Waals surface area contributed by atoms with E-state index < -0.39 is 35.7 Å². The summed E-state index contributed by atoms with van der Waals surface area (Å²) in [4.78, 5) is 63.6. The Morgan fingerprint density at radius 2 is 1.51 bits per heavy atom. The summed E-state index contributed by atoms with van der Waals surface area (Å²) >= 11 is 0.